The molecule has 1 aromatic carbocycles. The Hall–Kier alpha value is -1.51. The smallest absolute Gasteiger partial charge is 0.305 e. The number of aromatic hydroxyl groups is 1. The van der Waals surface area contributed by atoms with E-state index < -0.39 is 0 Å². The Balaban J connectivity index is 2.04. The Kier molecular flexibility index (Phi) is 19.6. The number of para-hydroxylation sites is 1. The number of hydrogen-bond donors (Lipinski definition) is 1. The van der Waals surface area contributed by atoms with Crippen molar-refractivity contribution in [2.75, 3.05) is 6.61 Å². The van der Waals surface area contributed by atoms with Gasteiger partial charge in [-0.2, -0.15) is 0 Å². The minimum Gasteiger partial charge on any atom is -0.508 e. The van der Waals surface area contributed by atoms with Crippen molar-refractivity contribution < 1.29 is 14.6 Å². The Morgan fingerprint density at radius 3 is 1.91 bits per heavy atom. The predicted octanol–water partition coefficient (Wildman–Crippen LogP) is 10.1. The number of carbonyl (C=O) groups excluding carboxylic acids is 1. The van der Waals surface area contributed by atoms with Crippen LogP contribution in [0.2, 0.25) is 0 Å². The molecular weight excluding hydrogens is 432 g/mol. The number of ether oxygens (including phenoxy) is 1. The van der Waals surface area contributed by atoms with Gasteiger partial charge in [0.15, 0.2) is 0 Å². The van der Waals surface area contributed by atoms with Gasteiger partial charge in [-0.25, -0.2) is 0 Å². The summed E-state index contributed by atoms with van der Waals surface area (Å²) in [7, 11) is 0. The number of benzene rings is 1. The lowest BCUT2D eigenvalue weighted by molar-refractivity contribution is -0.145. The molecule has 1 rings (SSSR count). The molecule has 0 aliphatic heterocycles. The van der Waals surface area contributed by atoms with Gasteiger partial charge in [0.05, 0.1) is 6.61 Å². The minimum atomic E-state index is -0.00299. The van der Waals surface area contributed by atoms with E-state index in [1.165, 1.54) is 96.3 Å². The molecule has 0 heterocycles. The van der Waals surface area contributed by atoms with E-state index in [1.807, 2.05) is 12.1 Å². The lowest BCUT2D eigenvalue weighted by atomic mass is 9.87. The lowest BCUT2D eigenvalue weighted by Gasteiger charge is -2.18. The van der Waals surface area contributed by atoms with Gasteiger partial charge < -0.3 is 9.84 Å². The maximum atomic E-state index is 12.0. The van der Waals surface area contributed by atoms with Crippen LogP contribution in [0.5, 0.6) is 5.75 Å². The van der Waals surface area contributed by atoms with Crippen LogP contribution in [0.3, 0.4) is 0 Å². The van der Waals surface area contributed by atoms with E-state index in [0.29, 0.717) is 30.6 Å². The number of phenols is 1. The van der Waals surface area contributed by atoms with Crippen LogP contribution in [-0.2, 0) is 9.53 Å². The molecule has 0 aliphatic carbocycles. The fourth-order valence-electron chi connectivity index (χ4n) is 5.01. The van der Waals surface area contributed by atoms with Gasteiger partial charge in [-0.1, -0.05) is 129 Å². The first-order valence-electron chi connectivity index (χ1n) is 15.1. The van der Waals surface area contributed by atoms with Gasteiger partial charge in [0.1, 0.15) is 5.75 Å². The molecule has 2 unspecified atom stereocenters. The quantitative estimate of drug-likeness (QED) is 0.123. The summed E-state index contributed by atoms with van der Waals surface area (Å²) in [5, 5.41) is 10.3. The zero-order chi connectivity index (χ0) is 25.6. The summed E-state index contributed by atoms with van der Waals surface area (Å²) < 4.78 is 5.50. The lowest BCUT2D eigenvalue weighted by Crippen LogP contribution is -2.13. The van der Waals surface area contributed by atoms with Crippen LogP contribution < -0.4 is 0 Å². The summed E-state index contributed by atoms with van der Waals surface area (Å²) in [5.74, 6) is 1.51. The number of carbonyl (C=O) groups is 1. The number of esters is 1. The molecule has 2 atom stereocenters. The zero-order valence-electron chi connectivity index (χ0n) is 23.4. The molecule has 0 spiro atoms. The predicted molar refractivity (Wildman–Crippen MR) is 150 cm³/mol. The van der Waals surface area contributed by atoms with Crippen molar-refractivity contribution in [3.8, 4) is 5.75 Å². The molecule has 0 saturated carbocycles. The third-order valence-corrected chi connectivity index (χ3v) is 7.49. The monoisotopic (exact) mass is 488 g/mol. The van der Waals surface area contributed by atoms with Gasteiger partial charge in [-0.15, -0.1) is 0 Å². The Morgan fingerprint density at radius 2 is 1.31 bits per heavy atom. The van der Waals surface area contributed by atoms with Gasteiger partial charge in [-0.3, -0.25) is 4.79 Å². The number of phenolic OH excluding ortho intramolecular Hbond substituents is 1. The van der Waals surface area contributed by atoms with Crippen molar-refractivity contribution in [1.82, 2.24) is 0 Å². The van der Waals surface area contributed by atoms with Crippen molar-refractivity contribution in [2.24, 2.45) is 5.92 Å². The topological polar surface area (TPSA) is 46.5 Å². The molecule has 35 heavy (non-hydrogen) atoms. The van der Waals surface area contributed by atoms with Gasteiger partial charge in [-0.05, 0) is 49.1 Å². The third kappa shape index (κ3) is 16.0. The van der Waals surface area contributed by atoms with Gasteiger partial charge in [0, 0.05) is 6.42 Å². The summed E-state index contributed by atoms with van der Waals surface area (Å²) in [4.78, 5) is 12.0. The maximum Gasteiger partial charge on any atom is 0.305 e. The molecule has 1 N–H and O–H groups in total. The Labute approximate surface area is 217 Å². The highest BCUT2D eigenvalue weighted by atomic mass is 16.5. The van der Waals surface area contributed by atoms with Crippen molar-refractivity contribution in [1.29, 1.82) is 0 Å². The first kappa shape index (κ1) is 31.5. The van der Waals surface area contributed by atoms with Gasteiger partial charge in [0.2, 0.25) is 0 Å². The van der Waals surface area contributed by atoms with E-state index in [4.69, 9.17) is 4.74 Å². The highest BCUT2D eigenvalue weighted by molar-refractivity contribution is 5.69. The van der Waals surface area contributed by atoms with E-state index in [-0.39, 0.29) is 5.97 Å². The summed E-state index contributed by atoms with van der Waals surface area (Å²) in [6.45, 7) is 7.27. The Morgan fingerprint density at radius 1 is 0.743 bits per heavy atom. The zero-order valence-corrected chi connectivity index (χ0v) is 23.4. The van der Waals surface area contributed by atoms with Crippen molar-refractivity contribution in [3.63, 3.8) is 0 Å². The van der Waals surface area contributed by atoms with E-state index in [9.17, 15) is 9.90 Å². The highest BCUT2D eigenvalue weighted by Crippen LogP contribution is 2.33. The second kappa shape index (κ2) is 21.7. The normalized spacial score (nSPS) is 13.0. The molecule has 0 fully saturated rings. The highest BCUT2D eigenvalue weighted by Gasteiger charge is 2.14. The van der Waals surface area contributed by atoms with Gasteiger partial charge in [0.25, 0.3) is 0 Å². The SMILES string of the molecule is CCCCCC(CCCCCCCCCCCC(=O)OCC(CC)CCCC)c1ccccc1O. The largest absolute Gasteiger partial charge is 0.508 e. The van der Waals surface area contributed by atoms with Crippen LogP contribution in [0.4, 0.5) is 0 Å². The number of hydrogen-bond acceptors (Lipinski definition) is 3. The fraction of sp³-hybridized carbons (Fsp3) is 0.781. The van der Waals surface area contributed by atoms with Crippen LogP contribution in [-0.4, -0.2) is 17.7 Å². The van der Waals surface area contributed by atoms with Gasteiger partial charge >= 0.3 is 5.97 Å². The Bertz CT molecular complexity index is 627. The molecule has 0 radical (unpaired) electrons. The van der Waals surface area contributed by atoms with Crippen LogP contribution in [0.25, 0.3) is 0 Å². The molecule has 1 aromatic rings. The van der Waals surface area contributed by atoms with Crippen molar-refractivity contribution in [3.05, 3.63) is 29.8 Å². The second-order valence-electron chi connectivity index (χ2n) is 10.6. The van der Waals surface area contributed by atoms with Crippen LogP contribution in [0, 0.1) is 5.92 Å². The molecule has 0 aliphatic rings. The summed E-state index contributed by atoms with van der Waals surface area (Å²) in [6, 6.07) is 7.93. The molecule has 0 bridgehead atoms. The van der Waals surface area contributed by atoms with E-state index >= 15 is 0 Å². The average molecular weight is 489 g/mol. The molecule has 3 heteroatoms. The van der Waals surface area contributed by atoms with E-state index in [0.717, 1.165) is 24.8 Å². The molecule has 0 saturated heterocycles. The molecular formula is C32H56O3. The van der Waals surface area contributed by atoms with E-state index in [1.54, 1.807) is 0 Å². The number of unbranched alkanes of at least 4 members (excludes halogenated alkanes) is 11. The maximum absolute atomic E-state index is 12.0. The van der Waals surface area contributed by atoms with Crippen LogP contribution >= 0.6 is 0 Å². The summed E-state index contributed by atoms with van der Waals surface area (Å²) in [6.07, 6.45) is 22.6. The third-order valence-electron chi connectivity index (χ3n) is 7.49. The summed E-state index contributed by atoms with van der Waals surface area (Å²) in [5.41, 5.74) is 1.15. The van der Waals surface area contributed by atoms with Crippen molar-refractivity contribution >= 4 is 5.97 Å². The standard InChI is InChI=1S/C32H56O3/c1-4-7-16-22-29(30-24-19-20-25-31(30)33)23-17-14-12-10-9-11-13-15-18-26-32(34)35-27-28(6-3)21-8-5-2/h19-20,24-25,28-29,33H,4-18,21-23,26-27H2,1-3H3. The molecule has 202 valence electrons. The first-order valence-corrected chi connectivity index (χ1v) is 15.1. The summed E-state index contributed by atoms with van der Waals surface area (Å²) >= 11 is 0. The molecule has 3 nitrogen and oxygen atoms in total. The fourth-order valence-corrected chi connectivity index (χ4v) is 5.01. The minimum absolute atomic E-state index is 0.00299. The first-order chi connectivity index (χ1) is 17.1. The molecule has 0 amide bonds. The second-order valence-corrected chi connectivity index (χ2v) is 10.6. The number of rotatable bonds is 23. The van der Waals surface area contributed by atoms with Crippen LogP contribution in [0.1, 0.15) is 154 Å². The molecule has 0 aromatic heterocycles. The average Bonchev–Trinajstić information content (AvgIpc) is 2.86. The van der Waals surface area contributed by atoms with Crippen molar-refractivity contribution in [2.45, 2.75) is 149 Å². The van der Waals surface area contributed by atoms with Crippen LogP contribution in [0.15, 0.2) is 24.3 Å². The van der Waals surface area contributed by atoms with E-state index in [2.05, 4.69) is 32.9 Å².